The van der Waals surface area contributed by atoms with Crippen molar-refractivity contribution in [3.8, 4) is 0 Å². The third-order valence-electron chi connectivity index (χ3n) is 5.58. The Morgan fingerprint density at radius 2 is 1.56 bits per heavy atom. The van der Waals surface area contributed by atoms with E-state index in [0.29, 0.717) is 10.6 Å². The van der Waals surface area contributed by atoms with Gasteiger partial charge in [0.25, 0.3) is 0 Å². The average molecular weight is 532 g/mol. The van der Waals surface area contributed by atoms with E-state index in [2.05, 4.69) is 5.32 Å². The van der Waals surface area contributed by atoms with Crippen molar-refractivity contribution >= 4 is 39.1 Å². The van der Waals surface area contributed by atoms with Crippen molar-refractivity contribution in [2.24, 2.45) is 0 Å². The predicted octanol–water partition coefficient (Wildman–Crippen LogP) is 3.63. The fourth-order valence-electron chi connectivity index (χ4n) is 3.73. The van der Waals surface area contributed by atoms with E-state index in [4.69, 9.17) is 11.6 Å². The highest BCUT2D eigenvalue weighted by atomic mass is 35.5. The molecule has 0 aliphatic rings. The fraction of sp³-hybridized carbons (Fsp3) is 0.231. The summed E-state index contributed by atoms with van der Waals surface area (Å²) >= 11 is 5.94. The number of nitrogens with zero attached hydrogens (tertiary/aromatic N) is 2. The summed E-state index contributed by atoms with van der Waals surface area (Å²) in [6.45, 7) is -0.563. The molecule has 3 aromatic rings. The molecule has 0 saturated carbocycles. The Bertz CT molecular complexity index is 1290. The molecule has 0 saturated heterocycles. The summed E-state index contributed by atoms with van der Waals surface area (Å²) in [7, 11) is -2.39. The predicted molar refractivity (Wildman–Crippen MR) is 139 cm³/mol. The molecule has 0 aliphatic heterocycles. The Hall–Kier alpha value is -3.43. The van der Waals surface area contributed by atoms with E-state index in [-0.39, 0.29) is 18.7 Å². The number of amides is 2. The molecular weight excluding hydrogens is 505 g/mol. The Balaban J connectivity index is 2.00. The van der Waals surface area contributed by atoms with Crippen molar-refractivity contribution in [3.63, 3.8) is 0 Å². The van der Waals surface area contributed by atoms with Gasteiger partial charge >= 0.3 is 0 Å². The summed E-state index contributed by atoms with van der Waals surface area (Å²) in [5.74, 6) is -1.44. The molecule has 190 valence electrons. The lowest BCUT2D eigenvalue weighted by atomic mass is 10.0. The van der Waals surface area contributed by atoms with Crippen molar-refractivity contribution in [1.82, 2.24) is 10.2 Å². The minimum Gasteiger partial charge on any atom is -0.357 e. The number of nitrogens with one attached hydrogen (secondary N) is 1. The number of carbonyl (C=O) groups is 2. The number of sulfonamides is 1. The van der Waals surface area contributed by atoms with Gasteiger partial charge in [-0.25, -0.2) is 12.8 Å². The second kappa shape index (κ2) is 12.0. The van der Waals surface area contributed by atoms with Gasteiger partial charge in [0.2, 0.25) is 21.8 Å². The molecule has 0 radical (unpaired) electrons. The third kappa shape index (κ3) is 7.29. The highest BCUT2D eigenvalue weighted by molar-refractivity contribution is 7.92. The van der Waals surface area contributed by atoms with Crippen LogP contribution in [0.2, 0.25) is 5.02 Å². The van der Waals surface area contributed by atoms with Gasteiger partial charge in [0.1, 0.15) is 18.4 Å². The standard InChI is InChI=1S/C26H27ClFN3O4S/c1-29-26(33)24(16-19-6-4-3-5-7-19)30(17-20-8-12-22(28)13-9-20)25(32)18-31(36(2,34)35)23-14-10-21(27)11-15-23/h3-15,24H,16-18H2,1-2H3,(H,29,33). The lowest BCUT2D eigenvalue weighted by Crippen LogP contribution is -2.52. The summed E-state index contributed by atoms with van der Waals surface area (Å²) in [4.78, 5) is 28.0. The summed E-state index contributed by atoms with van der Waals surface area (Å²) in [5.41, 5.74) is 1.67. The first-order valence-corrected chi connectivity index (χ1v) is 13.3. The van der Waals surface area contributed by atoms with Crippen molar-refractivity contribution in [1.29, 1.82) is 0 Å². The molecule has 1 atom stereocenters. The fourth-order valence-corrected chi connectivity index (χ4v) is 4.70. The molecule has 1 unspecified atom stereocenters. The highest BCUT2D eigenvalue weighted by Crippen LogP contribution is 2.22. The van der Waals surface area contributed by atoms with Gasteiger partial charge in [0, 0.05) is 25.0 Å². The molecule has 0 spiro atoms. The van der Waals surface area contributed by atoms with Gasteiger partial charge < -0.3 is 10.2 Å². The molecule has 3 rings (SSSR count). The van der Waals surface area contributed by atoms with Crippen LogP contribution in [0, 0.1) is 5.82 Å². The van der Waals surface area contributed by atoms with E-state index in [1.54, 1.807) is 0 Å². The van der Waals surface area contributed by atoms with Crippen LogP contribution >= 0.6 is 11.6 Å². The maximum absolute atomic E-state index is 13.7. The number of hydrogen-bond acceptors (Lipinski definition) is 4. The van der Waals surface area contributed by atoms with Crippen LogP contribution in [0.15, 0.2) is 78.9 Å². The first-order valence-electron chi connectivity index (χ1n) is 11.1. The van der Waals surface area contributed by atoms with E-state index in [9.17, 15) is 22.4 Å². The Morgan fingerprint density at radius 1 is 0.944 bits per heavy atom. The third-order valence-corrected chi connectivity index (χ3v) is 6.97. The number of likely N-dealkylation sites (N-methyl/N-ethyl adjacent to an activating group) is 1. The Morgan fingerprint density at radius 3 is 2.11 bits per heavy atom. The SMILES string of the molecule is CNC(=O)C(Cc1ccccc1)N(Cc1ccc(F)cc1)C(=O)CN(c1ccc(Cl)cc1)S(C)(=O)=O. The molecule has 0 heterocycles. The van der Waals surface area contributed by atoms with Crippen LogP contribution in [0.5, 0.6) is 0 Å². The number of carbonyl (C=O) groups excluding carboxylic acids is 2. The number of rotatable bonds is 10. The normalized spacial score (nSPS) is 12.0. The van der Waals surface area contributed by atoms with Crippen LogP contribution < -0.4 is 9.62 Å². The van der Waals surface area contributed by atoms with Gasteiger partial charge in [-0.2, -0.15) is 0 Å². The maximum Gasteiger partial charge on any atom is 0.244 e. The smallest absolute Gasteiger partial charge is 0.244 e. The molecule has 10 heteroatoms. The summed E-state index contributed by atoms with van der Waals surface area (Å²) in [6.07, 6.45) is 1.20. The number of halogens is 2. The maximum atomic E-state index is 13.7. The van der Waals surface area contributed by atoms with Crippen molar-refractivity contribution in [2.75, 3.05) is 24.2 Å². The van der Waals surface area contributed by atoms with E-state index in [0.717, 1.165) is 16.1 Å². The van der Waals surface area contributed by atoms with Gasteiger partial charge in [0.05, 0.1) is 11.9 Å². The first kappa shape index (κ1) is 27.2. The quantitative estimate of drug-likeness (QED) is 0.433. The summed E-state index contributed by atoms with van der Waals surface area (Å²) in [6, 6.07) is 19.9. The van der Waals surface area contributed by atoms with Crippen LogP contribution in [0.1, 0.15) is 11.1 Å². The topological polar surface area (TPSA) is 86.8 Å². The van der Waals surface area contributed by atoms with E-state index in [1.165, 1.54) is 60.5 Å². The zero-order valence-electron chi connectivity index (χ0n) is 19.9. The molecule has 0 bridgehead atoms. The van der Waals surface area contributed by atoms with Crippen molar-refractivity contribution in [3.05, 3.63) is 101 Å². The molecule has 3 aromatic carbocycles. The summed E-state index contributed by atoms with van der Waals surface area (Å²) < 4.78 is 39.7. The monoisotopic (exact) mass is 531 g/mol. The Labute approximate surface area is 215 Å². The van der Waals surface area contributed by atoms with E-state index in [1.807, 2.05) is 30.3 Å². The molecule has 2 amide bonds. The second-order valence-electron chi connectivity index (χ2n) is 8.21. The highest BCUT2D eigenvalue weighted by Gasteiger charge is 2.32. The van der Waals surface area contributed by atoms with Crippen molar-refractivity contribution in [2.45, 2.75) is 19.0 Å². The number of anilines is 1. The van der Waals surface area contributed by atoms with Crippen LogP contribution in [-0.4, -0.2) is 51.0 Å². The molecule has 0 aliphatic carbocycles. The molecule has 0 fully saturated rings. The van der Waals surface area contributed by atoms with Gasteiger partial charge in [-0.1, -0.05) is 54.1 Å². The molecule has 7 nitrogen and oxygen atoms in total. The van der Waals surface area contributed by atoms with E-state index >= 15 is 0 Å². The summed E-state index contributed by atoms with van der Waals surface area (Å²) in [5, 5.41) is 3.01. The van der Waals surface area contributed by atoms with Gasteiger partial charge in [-0.15, -0.1) is 0 Å². The molecule has 36 heavy (non-hydrogen) atoms. The van der Waals surface area contributed by atoms with Crippen LogP contribution in [-0.2, 0) is 32.6 Å². The number of benzene rings is 3. The lowest BCUT2D eigenvalue weighted by molar-refractivity contribution is -0.139. The van der Waals surface area contributed by atoms with Gasteiger partial charge in [-0.3, -0.25) is 13.9 Å². The lowest BCUT2D eigenvalue weighted by Gasteiger charge is -2.33. The van der Waals surface area contributed by atoms with Crippen LogP contribution in [0.25, 0.3) is 0 Å². The largest absolute Gasteiger partial charge is 0.357 e. The zero-order valence-corrected chi connectivity index (χ0v) is 21.5. The van der Waals surface area contributed by atoms with Crippen molar-refractivity contribution < 1.29 is 22.4 Å². The van der Waals surface area contributed by atoms with Crippen LogP contribution in [0.3, 0.4) is 0 Å². The first-order chi connectivity index (χ1) is 17.1. The molecule has 1 N–H and O–H groups in total. The van der Waals surface area contributed by atoms with E-state index < -0.39 is 40.2 Å². The average Bonchev–Trinajstić information content (AvgIpc) is 2.86. The van der Waals surface area contributed by atoms with Gasteiger partial charge in [0.15, 0.2) is 0 Å². The minimum atomic E-state index is -3.86. The molecule has 0 aromatic heterocycles. The van der Waals surface area contributed by atoms with Gasteiger partial charge in [-0.05, 0) is 47.5 Å². The second-order valence-corrected chi connectivity index (χ2v) is 10.6. The minimum absolute atomic E-state index is 0.0255. The van der Waals surface area contributed by atoms with Crippen LogP contribution in [0.4, 0.5) is 10.1 Å². The molecular formula is C26H27ClFN3O4S. The zero-order chi connectivity index (χ0) is 26.3. The Kier molecular flexibility index (Phi) is 9.06. The number of hydrogen-bond donors (Lipinski definition) is 1.